The molecule has 0 saturated heterocycles. The third-order valence-electron chi connectivity index (χ3n) is 3.17. The van der Waals surface area contributed by atoms with Crippen LogP contribution in [0.3, 0.4) is 0 Å². The minimum absolute atomic E-state index is 0.406. The number of ether oxygens (including phenoxy) is 1. The lowest BCUT2D eigenvalue weighted by atomic mass is 10.1. The first-order chi connectivity index (χ1) is 10.2. The van der Waals surface area contributed by atoms with Gasteiger partial charge in [-0.05, 0) is 29.8 Å². The van der Waals surface area contributed by atoms with Crippen LogP contribution < -0.4 is 0 Å². The number of carbonyl (C=O) groups is 1. The summed E-state index contributed by atoms with van der Waals surface area (Å²) in [6, 6.07) is 12.7. The van der Waals surface area contributed by atoms with Crippen LogP contribution in [0.2, 0.25) is 5.02 Å². The Hall–Kier alpha value is -2.40. The molecule has 0 N–H and O–H groups in total. The van der Waals surface area contributed by atoms with Crippen LogP contribution in [-0.4, -0.2) is 27.7 Å². The summed E-state index contributed by atoms with van der Waals surface area (Å²) < 4.78 is 6.51. The third kappa shape index (κ3) is 2.60. The minimum Gasteiger partial charge on any atom is -0.464 e. The fourth-order valence-corrected chi connectivity index (χ4v) is 2.29. The Balaban J connectivity index is 2.06. The fourth-order valence-electron chi connectivity index (χ4n) is 2.16. The Bertz CT molecular complexity index is 796. The van der Waals surface area contributed by atoms with Crippen LogP contribution in [0, 0.1) is 0 Å². The van der Waals surface area contributed by atoms with E-state index in [1.165, 1.54) is 7.11 Å². The van der Waals surface area contributed by atoms with Gasteiger partial charge in [0.1, 0.15) is 11.5 Å². The minimum atomic E-state index is -0.419. The summed E-state index contributed by atoms with van der Waals surface area (Å²) in [5.74, 6) is 0.256. The van der Waals surface area contributed by atoms with E-state index in [1.54, 1.807) is 22.6 Å². The number of methoxy groups -OCH3 is 1. The molecule has 0 saturated carbocycles. The molecule has 3 aromatic rings. The molecule has 1 aromatic carbocycles. The predicted octanol–water partition coefficient (Wildman–Crippen LogP) is 2.76. The lowest BCUT2D eigenvalue weighted by Gasteiger charge is -2.06. The number of hydrogen-bond donors (Lipinski definition) is 0. The summed E-state index contributed by atoms with van der Waals surface area (Å²) >= 11 is 5.88. The molecule has 0 aliphatic rings. The number of fused-ring (bicyclic) bond motifs is 1. The second kappa shape index (κ2) is 5.54. The molecule has 2 aromatic heterocycles. The SMILES string of the molecule is COC(=O)c1cccc2nnc(Cc3ccc(Cl)cc3)n12. The molecule has 5 nitrogen and oxygen atoms in total. The standard InChI is InChI=1S/C15H12ClN3O2/c1-21-15(20)12-3-2-4-13-17-18-14(19(12)13)9-10-5-7-11(16)8-6-10/h2-8H,9H2,1H3. The zero-order chi connectivity index (χ0) is 14.8. The molecule has 2 heterocycles. The van der Waals surface area contributed by atoms with Crippen molar-refractivity contribution < 1.29 is 9.53 Å². The Morgan fingerprint density at radius 3 is 2.67 bits per heavy atom. The van der Waals surface area contributed by atoms with Crippen molar-refractivity contribution in [3.63, 3.8) is 0 Å². The quantitative estimate of drug-likeness (QED) is 0.698. The predicted molar refractivity (Wildman–Crippen MR) is 78.6 cm³/mol. The van der Waals surface area contributed by atoms with Crippen LogP contribution in [0.5, 0.6) is 0 Å². The van der Waals surface area contributed by atoms with Gasteiger partial charge < -0.3 is 4.74 Å². The van der Waals surface area contributed by atoms with Crippen LogP contribution in [0.1, 0.15) is 21.9 Å². The Labute approximate surface area is 126 Å². The van der Waals surface area contributed by atoms with Crippen LogP contribution in [0.15, 0.2) is 42.5 Å². The summed E-state index contributed by atoms with van der Waals surface area (Å²) in [6.45, 7) is 0. The molecule has 21 heavy (non-hydrogen) atoms. The van der Waals surface area contributed by atoms with E-state index in [0.717, 1.165) is 5.56 Å². The molecular formula is C15H12ClN3O2. The van der Waals surface area contributed by atoms with E-state index in [4.69, 9.17) is 16.3 Å². The highest BCUT2D eigenvalue weighted by Crippen LogP contribution is 2.15. The van der Waals surface area contributed by atoms with E-state index in [9.17, 15) is 4.79 Å². The number of esters is 1. The second-order valence-corrected chi connectivity index (χ2v) is 4.95. The number of rotatable bonds is 3. The lowest BCUT2D eigenvalue weighted by molar-refractivity contribution is 0.0592. The second-order valence-electron chi connectivity index (χ2n) is 4.52. The lowest BCUT2D eigenvalue weighted by Crippen LogP contribution is -2.10. The highest BCUT2D eigenvalue weighted by molar-refractivity contribution is 6.30. The van der Waals surface area contributed by atoms with Gasteiger partial charge in [-0.15, -0.1) is 10.2 Å². The monoisotopic (exact) mass is 301 g/mol. The van der Waals surface area contributed by atoms with Crippen molar-refractivity contribution in [3.05, 3.63) is 64.6 Å². The van der Waals surface area contributed by atoms with Gasteiger partial charge in [-0.1, -0.05) is 29.8 Å². The van der Waals surface area contributed by atoms with Gasteiger partial charge in [0.15, 0.2) is 5.65 Å². The zero-order valence-corrected chi connectivity index (χ0v) is 12.0. The van der Waals surface area contributed by atoms with Crippen molar-refractivity contribution in [1.29, 1.82) is 0 Å². The average Bonchev–Trinajstić information content (AvgIpc) is 2.92. The van der Waals surface area contributed by atoms with Gasteiger partial charge in [0.05, 0.1) is 7.11 Å². The Morgan fingerprint density at radius 2 is 1.95 bits per heavy atom. The highest BCUT2D eigenvalue weighted by Gasteiger charge is 2.15. The van der Waals surface area contributed by atoms with Gasteiger partial charge in [0.2, 0.25) is 0 Å². The number of hydrogen-bond acceptors (Lipinski definition) is 4. The first-order valence-corrected chi connectivity index (χ1v) is 6.72. The molecule has 0 bridgehead atoms. The van der Waals surface area contributed by atoms with Crippen LogP contribution in [0.4, 0.5) is 0 Å². The maximum absolute atomic E-state index is 11.9. The molecule has 3 rings (SSSR count). The van der Waals surface area contributed by atoms with E-state index >= 15 is 0 Å². The number of benzene rings is 1. The van der Waals surface area contributed by atoms with Crippen molar-refractivity contribution in [1.82, 2.24) is 14.6 Å². The van der Waals surface area contributed by atoms with Gasteiger partial charge in [0, 0.05) is 11.4 Å². The van der Waals surface area contributed by atoms with E-state index in [1.807, 2.05) is 24.3 Å². The fraction of sp³-hybridized carbons (Fsp3) is 0.133. The van der Waals surface area contributed by atoms with Crippen molar-refractivity contribution >= 4 is 23.2 Å². The van der Waals surface area contributed by atoms with Gasteiger partial charge >= 0.3 is 5.97 Å². The molecule has 0 amide bonds. The highest BCUT2D eigenvalue weighted by atomic mass is 35.5. The van der Waals surface area contributed by atoms with E-state index in [0.29, 0.717) is 28.6 Å². The maximum atomic E-state index is 11.9. The first-order valence-electron chi connectivity index (χ1n) is 6.35. The molecular weight excluding hydrogens is 290 g/mol. The number of carbonyl (C=O) groups excluding carboxylic acids is 1. The van der Waals surface area contributed by atoms with Crippen molar-refractivity contribution in [2.75, 3.05) is 7.11 Å². The van der Waals surface area contributed by atoms with Crippen LogP contribution >= 0.6 is 11.6 Å². The molecule has 0 aliphatic heterocycles. The molecule has 0 unspecified atom stereocenters. The summed E-state index contributed by atoms with van der Waals surface area (Å²) in [4.78, 5) is 11.9. The van der Waals surface area contributed by atoms with E-state index in [2.05, 4.69) is 10.2 Å². The van der Waals surface area contributed by atoms with Crippen molar-refractivity contribution in [2.24, 2.45) is 0 Å². The zero-order valence-electron chi connectivity index (χ0n) is 11.3. The summed E-state index contributed by atoms with van der Waals surface area (Å²) in [6.07, 6.45) is 0.548. The van der Waals surface area contributed by atoms with E-state index < -0.39 is 5.97 Å². The normalized spacial score (nSPS) is 10.8. The number of pyridine rings is 1. The van der Waals surface area contributed by atoms with Crippen molar-refractivity contribution in [3.8, 4) is 0 Å². The number of halogens is 1. The number of aromatic nitrogens is 3. The largest absolute Gasteiger partial charge is 0.464 e. The molecule has 0 aliphatic carbocycles. The summed E-state index contributed by atoms with van der Waals surface area (Å²) in [5.41, 5.74) is 2.05. The van der Waals surface area contributed by atoms with Crippen LogP contribution in [-0.2, 0) is 11.2 Å². The third-order valence-corrected chi connectivity index (χ3v) is 3.42. The van der Waals surface area contributed by atoms with Gasteiger partial charge in [-0.2, -0.15) is 0 Å². The van der Waals surface area contributed by atoms with Gasteiger partial charge in [-0.25, -0.2) is 4.79 Å². The topological polar surface area (TPSA) is 56.5 Å². The molecule has 0 radical (unpaired) electrons. The molecule has 0 spiro atoms. The molecule has 0 atom stereocenters. The molecule has 0 fully saturated rings. The van der Waals surface area contributed by atoms with E-state index in [-0.39, 0.29) is 0 Å². The van der Waals surface area contributed by atoms with Crippen LogP contribution in [0.25, 0.3) is 5.65 Å². The number of nitrogens with zero attached hydrogens (tertiary/aromatic N) is 3. The molecule has 6 heteroatoms. The maximum Gasteiger partial charge on any atom is 0.355 e. The first kappa shape index (κ1) is 13.6. The smallest absolute Gasteiger partial charge is 0.355 e. The van der Waals surface area contributed by atoms with Gasteiger partial charge in [-0.3, -0.25) is 4.40 Å². The summed E-state index contributed by atoms with van der Waals surface area (Å²) in [5, 5.41) is 8.93. The average molecular weight is 302 g/mol. The van der Waals surface area contributed by atoms with Gasteiger partial charge in [0.25, 0.3) is 0 Å². The summed E-state index contributed by atoms with van der Waals surface area (Å²) in [7, 11) is 1.35. The molecule has 106 valence electrons. The Morgan fingerprint density at radius 1 is 1.19 bits per heavy atom. The Kier molecular flexibility index (Phi) is 3.58. The van der Waals surface area contributed by atoms with Crippen molar-refractivity contribution in [2.45, 2.75) is 6.42 Å².